The molecule has 0 aliphatic rings. The summed E-state index contributed by atoms with van der Waals surface area (Å²) in [5.74, 6) is -0.195. The van der Waals surface area contributed by atoms with E-state index < -0.39 is 0 Å². The number of anilines is 1. The van der Waals surface area contributed by atoms with Gasteiger partial charge in [-0.15, -0.1) is 0 Å². The van der Waals surface area contributed by atoms with Crippen molar-refractivity contribution >= 4 is 17.3 Å². The van der Waals surface area contributed by atoms with Crippen molar-refractivity contribution in [1.29, 1.82) is 0 Å². The lowest BCUT2D eigenvalue weighted by Gasteiger charge is -2.02. The topological polar surface area (TPSA) is 60.2 Å². The smallest absolute Gasteiger partial charge is 0.144 e. The van der Waals surface area contributed by atoms with Crippen LogP contribution in [-0.2, 0) is 16.0 Å². The molecule has 74 valence electrons. The van der Waals surface area contributed by atoms with Crippen LogP contribution in [0.1, 0.15) is 18.9 Å². The molecule has 0 aliphatic heterocycles. The standard InChI is InChI=1S/C11H13NO2/c1-8(13)6-10(14)7-9-4-2-3-5-11(9)12/h2-5H,6-7,12H2,1H3. The molecular weight excluding hydrogens is 178 g/mol. The molecule has 0 unspecified atom stereocenters. The van der Waals surface area contributed by atoms with E-state index in [4.69, 9.17) is 5.73 Å². The van der Waals surface area contributed by atoms with Gasteiger partial charge >= 0.3 is 0 Å². The molecule has 1 rings (SSSR count). The van der Waals surface area contributed by atoms with Gasteiger partial charge in [-0.25, -0.2) is 0 Å². The molecule has 0 bridgehead atoms. The number of rotatable bonds is 4. The van der Waals surface area contributed by atoms with Gasteiger partial charge in [0.25, 0.3) is 0 Å². The number of carbonyl (C=O) groups excluding carboxylic acids is 2. The summed E-state index contributed by atoms with van der Waals surface area (Å²) in [6, 6.07) is 7.19. The van der Waals surface area contributed by atoms with Crippen molar-refractivity contribution < 1.29 is 9.59 Å². The van der Waals surface area contributed by atoms with Crippen molar-refractivity contribution in [2.45, 2.75) is 19.8 Å². The molecule has 0 fully saturated rings. The number of nitrogen functional groups attached to an aromatic ring is 1. The van der Waals surface area contributed by atoms with E-state index in [0.717, 1.165) is 5.56 Å². The summed E-state index contributed by atoms with van der Waals surface area (Å²) in [6.07, 6.45) is 0.237. The van der Waals surface area contributed by atoms with Gasteiger partial charge in [-0.1, -0.05) is 18.2 Å². The van der Waals surface area contributed by atoms with Crippen LogP contribution in [0.15, 0.2) is 24.3 Å². The number of benzene rings is 1. The highest BCUT2D eigenvalue weighted by atomic mass is 16.1. The molecule has 0 aliphatic carbocycles. The highest BCUT2D eigenvalue weighted by Crippen LogP contribution is 2.11. The fourth-order valence-corrected chi connectivity index (χ4v) is 1.25. The Balaban J connectivity index is 2.65. The predicted octanol–water partition coefficient (Wildman–Crippen LogP) is 1.36. The molecule has 0 saturated heterocycles. The van der Waals surface area contributed by atoms with Crippen molar-refractivity contribution in [3.05, 3.63) is 29.8 Å². The number of nitrogens with two attached hydrogens (primary N) is 1. The number of Topliss-reactive ketones (excluding diaryl/α,β-unsaturated/α-hetero) is 2. The Morgan fingerprint density at radius 3 is 2.50 bits per heavy atom. The van der Waals surface area contributed by atoms with Crippen molar-refractivity contribution in [1.82, 2.24) is 0 Å². The molecule has 1 aromatic rings. The Labute approximate surface area is 82.9 Å². The van der Waals surface area contributed by atoms with Gasteiger partial charge in [-0.3, -0.25) is 9.59 Å². The lowest BCUT2D eigenvalue weighted by Crippen LogP contribution is -2.08. The second kappa shape index (κ2) is 4.56. The maximum atomic E-state index is 11.3. The first kappa shape index (κ1) is 10.4. The molecule has 0 radical (unpaired) electrons. The minimum Gasteiger partial charge on any atom is -0.398 e. The lowest BCUT2D eigenvalue weighted by atomic mass is 10.0. The Morgan fingerprint density at radius 1 is 1.29 bits per heavy atom. The van der Waals surface area contributed by atoms with E-state index in [0.29, 0.717) is 5.69 Å². The van der Waals surface area contributed by atoms with Crippen molar-refractivity contribution in [3.63, 3.8) is 0 Å². The maximum absolute atomic E-state index is 11.3. The average Bonchev–Trinajstić information content (AvgIpc) is 2.07. The van der Waals surface area contributed by atoms with Crippen LogP contribution in [0.2, 0.25) is 0 Å². The monoisotopic (exact) mass is 191 g/mol. The van der Waals surface area contributed by atoms with Crippen LogP contribution in [0, 0.1) is 0 Å². The van der Waals surface area contributed by atoms with Gasteiger partial charge in [0.05, 0.1) is 6.42 Å². The molecule has 0 amide bonds. The molecule has 0 heterocycles. The third kappa shape index (κ3) is 3.01. The molecule has 1 aromatic carbocycles. The normalized spacial score (nSPS) is 9.79. The number of carbonyl (C=O) groups is 2. The van der Waals surface area contributed by atoms with Gasteiger partial charge in [0.1, 0.15) is 11.6 Å². The first-order chi connectivity index (χ1) is 6.59. The third-order valence-electron chi connectivity index (χ3n) is 1.89. The summed E-state index contributed by atoms with van der Waals surface area (Å²) in [4.78, 5) is 22.0. The van der Waals surface area contributed by atoms with Crippen LogP contribution >= 0.6 is 0 Å². The molecule has 2 N–H and O–H groups in total. The summed E-state index contributed by atoms with van der Waals surface area (Å²) in [5.41, 5.74) is 7.05. The minimum absolute atomic E-state index is 0.00562. The fourth-order valence-electron chi connectivity index (χ4n) is 1.25. The first-order valence-corrected chi connectivity index (χ1v) is 4.44. The summed E-state index contributed by atoms with van der Waals surface area (Å²) >= 11 is 0. The Hall–Kier alpha value is -1.64. The fraction of sp³-hybridized carbons (Fsp3) is 0.273. The molecule has 0 atom stereocenters. The van der Waals surface area contributed by atoms with Crippen LogP contribution in [0.3, 0.4) is 0 Å². The van der Waals surface area contributed by atoms with Gasteiger partial charge in [0.15, 0.2) is 0 Å². The molecule has 3 heteroatoms. The summed E-state index contributed by atoms with van der Waals surface area (Å²) in [5, 5.41) is 0. The van der Waals surface area contributed by atoms with Crippen LogP contribution in [-0.4, -0.2) is 11.6 Å². The van der Waals surface area contributed by atoms with Crippen LogP contribution in [0.4, 0.5) is 5.69 Å². The van der Waals surface area contributed by atoms with Crippen molar-refractivity contribution in [2.24, 2.45) is 0 Å². The van der Waals surface area contributed by atoms with E-state index in [9.17, 15) is 9.59 Å². The van der Waals surface area contributed by atoms with Gasteiger partial charge in [-0.2, -0.15) is 0 Å². The molecule has 0 spiro atoms. The summed E-state index contributed by atoms with van der Waals surface area (Å²) in [7, 11) is 0. The Morgan fingerprint density at radius 2 is 1.93 bits per heavy atom. The largest absolute Gasteiger partial charge is 0.398 e. The summed E-state index contributed by atoms with van der Waals surface area (Å²) < 4.78 is 0. The zero-order valence-corrected chi connectivity index (χ0v) is 8.12. The number of hydrogen-bond donors (Lipinski definition) is 1. The van der Waals surface area contributed by atoms with Crippen LogP contribution < -0.4 is 5.73 Å². The Kier molecular flexibility index (Phi) is 3.40. The Bertz CT molecular complexity index is 358. The average molecular weight is 191 g/mol. The van der Waals surface area contributed by atoms with Crippen molar-refractivity contribution in [2.75, 3.05) is 5.73 Å². The zero-order valence-electron chi connectivity index (χ0n) is 8.12. The minimum atomic E-state index is -0.107. The van der Waals surface area contributed by atoms with Gasteiger partial charge in [0.2, 0.25) is 0 Å². The number of para-hydroxylation sites is 1. The van der Waals surface area contributed by atoms with Crippen LogP contribution in [0.5, 0.6) is 0 Å². The van der Waals surface area contributed by atoms with E-state index in [1.807, 2.05) is 12.1 Å². The highest BCUT2D eigenvalue weighted by molar-refractivity contribution is 5.99. The van der Waals surface area contributed by atoms with Gasteiger partial charge in [0, 0.05) is 12.1 Å². The maximum Gasteiger partial charge on any atom is 0.144 e. The number of hydrogen-bond acceptors (Lipinski definition) is 3. The first-order valence-electron chi connectivity index (χ1n) is 4.44. The molecule has 3 nitrogen and oxygen atoms in total. The van der Waals surface area contributed by atoms with E-state index in [1.54, 1.807) is 12.1 Å². The van der Waals surface area contributed by atoms with Crippen molar-refractivity contribution in [3.8, 4) is 0 Å². The van der Waals surface area contributed by atoms with E-state index in [2.05, 4.69) is 0 Å². The highest BCUT2D eigenvalue weighted by Gasteiger charge is 2.07. The summed E-state index contributed by atoms with van der Waals surface area (Å²) in [6.45, 7) is 1.41. The van der Waals surface area contributed by atoms with Crippen LogP contribution in [0.25, 0.3) is 0 Å². The van der Waals surface area contributed by atoms with Gasteiger partial charge < -0.3 is 5.73 Å². The lowest BCUT2D eigenvalue weighted by molar-refractivity contribution is -0.125. The molecule has 0 saturated carbocycles. The second-order valence-corrected chi connectivity index (χ2v) is 3.29. The van der Waals surface area contributed by atoms with E-state index >= 15 is 0 Å². The second-order valence-electron chi connectivity index (χ2n) is 3.29. The third-order valence-corrected chi connectivity index (χ3v) is 1.89. The predicted molar refractivity (Wildman–Crippen MR) is 54.9 cm³/mol. The van der Waals surface area contributed by atoms with E-state index in [-0.39, 0.29) is 24.4 Å². The molecular formula is C11H13NO2. The molecule has 0 aromatic heterocycles. The van der Waals surface area contributed by atoms with E-state index in [1.165, 1.54) is 6.92 Å². The number of ketones is 2. The van der Waals surface area contributed by atoms with Gasteiger partial charge in [-0.05, 0) is 18.6 Å². The molecule has 14 heavy (non-hydrogen) atoms. The zero-order chi connectivity index (χ0) is 10.6. The SMILES string of the molecule is CC(=O)CC(=O)Cc1ccccc1N. The quantitative estimate of drug-likeness (QED) is 0.577.